The van der Waals surface area contributed by atoms with Gasteiger partial charge in [0.2, 0.25) is 5.91 Å². The van der Waals surface area contributed by atoms with Crippen molar-refractivity contribution in [2.45, 2.75) is 54.5 Å². The molecule has 1 saturated carbocycles. The number of halogens is 1. The zero-order valence-electron chi connectivity index (χ0n) is 22.2. The predicted octanol–water partition coefficient (Wildman–Crippen LogP) is 1.47. The average molecular weight is 593 g/mol. The van der Waals surface area contributed by atoms with Gasteiger partial charge < -0.3 is 20.1 Å². The van der Waals surface area contributed by atoms with Gasteiger partial charge in [0.25, 0.3) is 6.47 Å². The van der Waals surface area contributed by atoms with Crippen molar-refractivity contribution in [2.24, 2.45) is 0 Å². The smallest absolute Gasteiger partial charge is 0.290 e. The van der Waals surface area contributed by atoms with Crippen molar-refractivity contribution in [3.8, 4) is 6.07 Å². The minimum Gasteiger partial charge on any atom is -0.483 e. The Balaban J connectivity index is 0.00000118. The van der Waals surface area contributed by atoms with Gasteiger partial charge in [-0.3, -0.25) is 14.5 Å². The molecule has 216 valence electrons. The highest BCUT2D eigenvalue weighted by atomic mass is 35.5. The van der Waals surface area contributed by atoms with Crippen LogP contribution in [0.2, 0.25) is 5.02 Å². The minimum atomic E-state index is -3.82. The van der Waals surface area contributed by atoms with Gasteiger partial charge in [0, 0.05) is 32.2 Å². The molecule has 2 aliphatic heterocycles. The number of sulfone groups is 1. The molecule has 1 aromatic carbocycles. The highest BCUT2D eigenvalue weighted by Crippen LogP contribution is 2.37. The zero-order valence-corrected chi connectivity index (χ0v) is 23.8. The third-order valence-corrected chi connectivity index (χ3v) is 10.0. The van der Waals surface area contributed by atoms with Crippen LogP contribution in [-0.2, 0) is 30.7 Å². The van der Waals surface area contributed by atoms with Crippen LogP contribution in [0, 0.1) is 18.3 Å². The molecule has 1 aromatic heterocycles. The standard InChI is InChI=1S/C25H31ClN6O4S.CH2O2/c1-18-14-23(32(29-18)9-8-30-10-12-36-13-11-30)31-16-19(37(34,35)22-5-3-2-4-20(22)26)15-21(31)24(33)28-25(17-27)6-7-25;2-1-3/h2-5,14,19,21H,6-13,15-16H2,1H3,(H,28,33);1H,(H,2,3)/t19-,21+;/m1./s1. The summed E-state index contributed by atoms with van der Waals surface area (Å²) in [7, 11) is -3.82. The van der Waals surface area contributed by atoms with Crippen molar-refractivity contribution >= 4 is 39.6 Å². The van der Waals surface area contributed by atoms with Gasteiger partial charge in [-0.1, -0.05) is 23.7 Å². The summed E-state index contributed by atoms with van der Waals surface area (Å²) in [4.78, 5) is 26.0. The second-order valence-electron chi connectivity index (χ2n) is 10.1. The van der Waals surface area contributed by atoms with E-state index in [4.69, 9.17) is 26.2 Å². The SMILES string of the molecule is Cc1cc(N2C[C@H](S(=O)(=O)c3ccccc3Cl)C[C@H]2C(=O)NC2(C#N)CC2)n(CCN2CCOCC2)n1.O=CO. The second kappa shape index (κ2) is 12.6. The number of hydrogen-bond acceptors (Lipinski definition) is 9. The molecule has 12 nitrogen and oxygen atoms in total. The van der Waals surface area contributed by atoms with Gasteiger partial charge in [0.05, 0.1) is 46.7 Å². The average Bonchev–Trinajstić information content (AvgIpc) is 3.38. The fraction of sp³-hybridized carbons (Fsp3) is 0.538. The first-order valence-electron chi connectivity index (χ1n) is 13.0. The number of nitrogens with one attached hydrogen (secondary N) is 1. The molecule has 0 spiro atoms. The van der Waals surface area contributed by atoms with E-state index in [9.17, 15) is 18.5 Å². The molecule has 14 heteroatoms. The molecule has 3 heterocycles. The quantitative estimate of drug-likeness (QED) is 0.430. The van der Waals surface area contributed by atoms with Crippen LogP contribution in [0.25, 0.3) is 0 Å². The number of anilines is 1. The number of nitrogens with zero attached hydrogens (tertiary/aromatic N) is 5. The summed E-state index contributed by atoms with van der Waals surface area (Å²) in [6, 6.07) is 9.70. The Hall–Kier alpha value is -3.18. The first kappa shape index (κ1) is 29.8. The van der Waals surface area contributed by atoms with Gasteiger partial charge in [-0.15, -0.1) is 0 Å². The van der Waals surface area contributed by atoms with E-state index in [0.29, 0.717) is 38.4 Å². The summed E-state index contributed by atoms with van der Waals surface area (Å²) < 4.78 is 34.6. The number of carbonyl (C=O) groups is 2. The molecular weight excluding hydrogens is 560 g/mol. The number of rotatable bonds is 8. The number of hydrogen-bond donors (Lipinski definition) is 2. The highest BCUT2D eigenvalue weighted by molar-refractivity contribution is 7.92. The first-order valence-corrected chi connectivity index (χ1v) is 15.0. The lowest BCUT2D eigenvalue weighted by atomic mass is 10.1. The van der Waals surface area contributed by atoms with Crippen molar-refractivity contribution in [3.63, 3.8) is 0 Å². The molecular formula is C26H33ClN6O6S. The van der Waals surface area contributed by atoms with Crippen molar-refractivity contribution in [1.82, 2.24) is 20.0 Å². The number of ether oxygens (including phenoxy) is 1. The molecule has 3 fully saturated rings. The van der Waals surface area contributed by atoms with E-state index in [1.807, 2.05) is 22.6 Å². The molecule has 0 unspecified atom stereocenters. The Morgan fingerprint density at radius 2 is 1.98 bits per heavy atom. The fourth-order valence-electron chi connectivity index (χ4n) is 5.08. The predicted molar refractivity (Wildman–Crippen MR) is 147 cm³/mol. The van der Waals surface area contributed by atoms with E-state index < -0.39 is 26.7 Å². The number of carbonyl (C=O) groups excluding carboxylic acids is 1. The summed E-state index contributed by atoms with van der Waals surface area (Å²) in [5.74, 6) is 0.360. The molecule has 5 rings (SSSR count). The number of carboxylic acid groups (broad SMARTS) is 1. The fourth-order valence-corrected chi connectivity index (χ4v) is 7.29. The summed E-state index contributed by atoms with van der Waals surface area (Å²) in [5.41, 5.74) is -0.0705. The Labute approximate surface area is 238 Å². The van der Waals surface area contributed by atoms with Crippen LogP contribution in [0.3, 0.4) is 0 Å². The van der Waals surface area contributed by atoms with Crippen LogP contribution < -0.4 is 10.2 Å². The lowest BCUT2D eigenvalue weighted by Crippen LogP contribution is -2.48. The van der Waals surface area contributed by atoms with Crippen molar-refractivity contribution < 1.29 is 27.9 Å². The van der Waals surface area contributed by atoms with Gasteiger partial charge in [-0.05, 0) is 38.3 Å². The minimum absolute atomic E-state index is 0.0652. The summed E-state index contributed by atoms with van der Waals surface area (Å²) >= 11 is 6.26. The van der Waals surface area contributed by atoms with Crippen molar-refractivity contribution in [3.05, 3.63) is 41.0 Å². The number of aryl methyl sites for hydroxylation is 1. The third kappa shape index (κ3) is 6.58. The zero-order chi connectivity index (χ0) is 28.9. The number of aromatic nitrogens is 2. The number of amides is 1. The topological polar surface area (TPSA) is 158 Å². The van der Waals surface area contributed by atoms with Crippen LogP contribution in [0.5, 0.6) is 0 Å². The van der Waals surface area contributed by atoms with Gasteiger partial charge in [0.1, 0.15) is 17.4 Å². The lowest BCUT2D eigenvalue weighted by Gasteiger charge is -2.29. The van der Waals surface area contributed by atoms with Gasteiger partial charge >= 0.3 is 0 Å². The normalized spacial score (nSPS) is 22.1. The monoisotopic (exact) mass is 592 g/mol. The molecule has 2 saturated heterocycles. The molecule has 3 aliphatic rings. The summed E-state index contributed by atoms with van der Waals surface area (Å²) in [6.45, 7) is 6.19. The maximum atomic E-state index is 13.6. The van der Waals surface area contributed by atoms with E-state index in [-0.39, 0.29) is 35.3 Å². The van der Waals surface area contributed by atoms with Gasteiger partial charge in [0.15, 0.2) is 9.84 Å². The van der Waals surface area contributed by atoms with Gasteiger partial charge in [-0.25, -0.2) is 13.1 Å². The second-order valence-corrected chi connectivity index (χ2v) is 12.7. The van der Waals surface area contributed by atoms with Crippen LogP contribution in [0.15, 0.2) is 35.2 Å². The lowest BCUT2D eigenvalue weighted by molar-refractivity contribution is -0.123. The Kier molecular flexibility index (Phi) is 9.35. The van der Waals surface area contributed by atoms with E-state index >= 15 is 0 Å². The summed E-state index contributed by atoms with van der Waals surface area (Å²) in [6.07, 6.45) is 1.29. The summed E-state index contributed by atoms with van der Waals surface area (Å²) in [5, 5.41) is 23.3. The molecule has 40 heavy (non-hydrogen) atoms. The van der Waals surface area contributed by atoms with Crippen LogP contribution >= 0.6 is 11.6 Å². The molecule has 1 amide bonds. The van der Waals surface area contributed by atoms with Crippen molar-refractivity contribution in [2.75, 3.05) is 44.3 Å². The highest BCUT2D eigenvalue weighted by Gasteiger charge is 2.50. The molecule has 0 radical (unpaired) electrons. The molecule has 2 atom stereocenters. The maximum absolute atomic E-state index is 13.6. The van der Waals surface area contributed by atoms with E-state index in [0.717, 1.165) is 25.3 Å². The Morgan fingerprint density at radius 3 is 2.60 bits per heavy atom. The number of morpholine rings is 1. The molecule has 1 aliphatic carbocycles. The molecule has 2 aromatic rings. The van der Waals surface area contributed by atoms with Crippen LogP contribution in [-0.4, -0.2) is 96.8 Å². The van der Waals surface area contributed by atoms with Gasteiger partial charge in [-0.2, -0.15) is 10.4 Å². The first-order chi connectivity index (χ1) is 19.1. The van der Waals surface area contributed by atoms with Crippen molar-refractivity contribution in [1.29, 1.82) is 5.26 Å². The number of nitriles is 1. The van der Waals surface area contributed by atoms with E-state index in [1.54, 1.807) is 18.2 Å². The Morgan fingerprint density at radius 1 is 1.30 bits per heavy atom. The Bertz CT molecular complexity index is 1370. The molecule has 0 bridgehead atoms. The van der Waals surface area contributed by atoms with E-state index in [1.165, 1.54) is 6.07 Å². The largest absolute Gasteiger partial charge is 0.483 e. The number of benzene rings is 1. The van der Waals surface area contributed by atoms with E-state index in [2.05, 4.69) is 21.4 Å². The third-order valence-electron chi connectivity index (χ3n) is 7.38. The van der Waals surface area contributed by atoms with Crippen LogP contribution in [0.4, 0.5) is 5.82 Å². The molecule has 2 N–H and O–H groups in total. The maximum Gasteiger partial charge on any atom is 0.290 e. The van der Waals surface area contributed by atoms with Crippen LogP contribution in [0.1, 0.15) is 25.0 Å².